The Kier molecular flexibility index (Phi) is 8.75. The number of nitrogens with zero attached hydrogens (tertiary/aromatic N) is 5. The number of halogens is 3. The fourth-order valence-corrected chi connectivity index (χ4v) is 6.01. The fraction of sp³-hybridized carbons (Fsp3) is 0.379. The molecule has 0 amide bonds. The number of likely N-dealkylation sites (tertiary alicyclic amines) is 1. The summed E-state index contributed by atoms with van der Waals surface area (Å²) in [4.78, 5) is 13.1. The molecule has 2 aromatic rings. The summed E-state index contributed by atoms with van der Waals surface area (Å²) < 4.78 is 16.2. The van der Waals surface area contributed by atoms with Crippen LogP contribution in [0.2, 0.25) is 10.0 Å². The van der Waals surface area contributed by atoms with Gasteiger partial charge in [0.25, 0.3) is 0 Å². The molecule has 7 nitrogen and oxygen atoms in total. The molecule has 2 aromatic heterocycles. The van der Waals surface area contributed by atoms with Crippen LogP contribution in [-0.4, -0.2) is 52.3 Å². The van der Waals surface area contributed by atoms with Crippen LogP contribution >= 0.6 is 23.2 Å². The van der Waals surface area contributed by atoms with E-state index in [0.717, 1.165) is 26.2 Å². The van der Waals surface area contributed by atoms with Crippen molar-refractivity contribution in [2.45, 2.75) is 45.1 Å². The van der Waals surface area contributed by atoms with E-state index in [1.54, 1.807) is 32.1 Å². The van der Waals surface area contributed by atoms with Crippen molar-refractivity contribution in [3.05, 3.63) is 86.7 Å². The van der Waals surface area contributed by atoms with Crippen LogP contribution in [-0.2, 0) is 0 Å². The zero-order chi connectivity index (χ0) is 28.3. The summed E-state index contributed by atoms with van der Waals surface area (Å²) >= 11 is 12.6. The number of hydrogen-bond acceptors (Lipinski definition) is 7. The number of anilines is 1. The van der Waals surface area contributed by atoms with Crippen molar-refractivity contribution >= 4 is 34.7 Å². The first-order chi connectivity index (χ1) is 18.6. The smallest absolute Gasteiger partial charge is 0.146 e. The lowest BCUT2D eigenvalue weighted by molar-refractivity contribution is 0.101. The van der Waals surface area contributed by atoms with E-state index >= 15 is 4.39 Å². The van der Waals surface area contributed by atoms with E-state index in [9.17, 15) is 5.26 Å². The third kappa shape index (κ3) is 5.72. The molecule has 2 aliphatic heterocycles. The average Bonchev–Trinajstić information content (AvgIpc) is 3.45. The van der Waals surface area contributed by atoms with Gasteiger partial charge in [0, 0.05) is 54.4 Å². The molecule has 204 valence electrons. The van der Waals surface area contributed by atoms with E-state index in [1.165, 1.54) is 37.5 Å². The Labute approximate surface area is 238 Å². The van der Waals surface area contributed by atoms with Crippen molar-refractivity contribution in [1.82, 2.24) is 14.9 Å². The number of hydrogen-bond donors (Lipinski definition) is 2. The second-order valence-electron chi connectivity index (χ2n) is 10.2. The summed E-state index contributed by atoms with van der Waals surface area (Å²) in [5.41, 5.74) is 7.05. The van der Waals surface area contributed by atoms with Gasteiger partial charge in [-0.15, -0.1) is 0 Å². The molecule has 2 saturated heterocycles. The van der Waals surface area contributed by atoms with Gasteiger partial charge in [0.1, 0.15) is 17.7 Å². The maximum Gasteiger partial charge on any atom is 0.146 e. The van der Waals surface area contributed by atoms with E-state index in [2.05, 4.69) is 32.8 Å². The summed E-state index contributed by atoms with van der Waals surface area (Å²) in [5.74, 6) is -1.02. The normalized spacial score (nSPS) is 19.0. The Hall–Kier alpha value is -3.25. The molecule has 0 radical (unpaired) electrons. The highest BCUT2D eigenvalue weighted by Gasteiger charge is 2.45. The zero-order valence-corrected chi connectivity index (χ0v) is 23.8. The summed E-state index contributed by atoms with van der Waals surface area (Å²) in [6.07, 6.45) is 11.6. The summed E-state index contributed by atoms with van der Waals surface area (Å²) in [6.45, 7) is 9.38. The molecule has 0 aromatic carbocycles. The molecule has 2 fully saturated rings. The molecule has 0 saturated carbocycles. The number of rotatable bonds is 8. The van der Waals surface area contributed by atoms with Crippen molar-refractivity contribution in [2.75, 3.05) is 31.1 Å². The second-order valence-corrected chi connectivity index (χ2v) is 11.1. The summed E-state index contributed by atoms with van der Waals surface area (Å²) in [5, 5.41) is 19.3. The Morgan fingerprint density at radius 1 is 1.23 bits per heavy atom. The fourth-order valence-electron chi connectivity index (χ4n) is 5.32. The lowest BCUT2D eigenvalue weighted by Crippen LogP contribution is -2.68. The van der Waals surface area contributed by atoms with Gasteiger partial charge in [0.15, 0.2) is 0 Å². The SMILES string of the molecule is C/C=C/C=C(N)\C(C(=N)c1cnc(N2CC(C)(N3CCCC3)C2)c(C#N)c1)=C(\F)[C@H](C)c1c(Cl)cncc1Cl. The minimum atomic E-state index is -0.909. The molecule has 4 heterocycles. The number of nitriles is 1. The van der Waals surface area contributed by atoms with Crippen LogP contribution in [0.15, 0.2) is 60.0 Å². The van der Waals surface area contributed by atoms with Crippen molar-refractivity contribution in [3.8, 4) is 6.07 Å². The minimum absolute atomic E-state index is 0.0513. The Balaban J connectivity index is 1.69. The molecule has 10 heteroatoms. The van der Waals surface area contributed by atoms with Gasteiger partial charge in [-0.2, -0.15) is 5.26 Å². The average molecular weight is 569 g/mol. The van der Waals surface area contributed by atoms with Crippen LogP contribution in [0.4, 0.5) is 10.2 Å². The van der Waals surface area contributed by atoms with Gasteiger partial charge < -0.3 is 10.6 Å². The van der Waals surface area contributed by atoms with Crippen molar-refractivity contribution in [1.29, 1.82) is 10.7 Å². The molecule has 39 heavy (non-hydrogen) atoms. The molecule has 4 rings (SSSR count). The second kappa shape index (κ2) is 11.9. The molecule has 2 aliphatic rings. The maximum absolute atomic E-state index is 16.2. The first-order valence-electron chi connectivity index (χ1n) is 12.9. The van der Waals surface area contributed by atoms with Gasteiger partial charge in [0.05, 0.1) is 32.4 Å². The largest absolute Gasteiger partial charge is 0.398 e. The zero-order valence-electron chi connectivity index (χ0n) is 22.3. The van der Waals surface area contributed by atoms with E-state index in [0.29, 0.717) is 16.9 Å². The van der Waals surface area contributed by atoms with E-state index in [4.69, 9.17) is 34.3 Å². The van der Waals surface area contributed by atoms with Crippen LogP contribution in [0.1, 0.15) is 56.2 Å². The molecule has 0 spiro atoms. The lowest BCUT2D eigenvalue weighted by Gasteiger charge is -2.53. The Bertz CT molecular complexity index is 1380. The highest BCUT2D eigenvalue weighted by Crippen LogP contribution is 2.39. The predicted octanol–water partition coefficient (Wildman–Crippen LogP) is 6.14. The van der Waals surface area contributed by atoms with Crippen LogP contribution in [0, 0.1) is 16.7 Å². The van der Waals surface area contributed by atoms with Gasteiger partial charge in [0.2, 0.25) is 0 Å². The van der Waals surface area contributed by atoms with E-state index < -0.39 is 11.7 Å². The first-order valence-corrected chi connectivity index (χ1v) is 13.6. The van der Waals surface area contributed by atoms with Gasteiger partial charge in [-0.1, -0.05) is 42.3 Å². The van der Waals surface area contributed by atoms with E-state index in [-0.39, 0.29) is 38.1 Å². The summed E-state index contributed by atoms with van der Waals surface area (Å²) in [7, 11) is 0. The van der Waals surface area contributed by atoms with Gasteiger partial charge in [-0.25, -0.2) is 9.37 Å². The molecular formula is C29H32Cl2FN7. The molecular weight excluding hydrogens is 536 g/mol. The molecule has 0 unspecified atom stereocenters. The molecule has 0 bridgehead atoms. The number of aromatic nitrogens is 2. The van der Waals surface area contributed by atoms with Gasteiger partial charge in [-0.3, -0.25) is 15.3 Å². The maximum atomic E-state index is 16.2. The van der Waals surface area contributed by atoms with Gasteiger partial charge >= 0.3 is 0 Å². The first kappa shape index (κ1) is 28.8. The van der Waals surface area contributed by atoms with Crippen LogP contribution in [0.3, 0.4) is 0 Å². The lowest BCUT2D eigenvalue weighted by atomic mass is 9.89. The van der Waals surface area contributed by atoms with Crippen LogP contribution in [0.25, 0.3) is 0 Å². The summed E-state index contributed by atoms with van der Waals surface area (Å²) in [6, 6.07) is 3.78. The third-order valence-corrected chi connectivity index (χ3v) is 8.06. The van der Waals surface area contributed by atoms with Crippen molar-refractivity contribution in [2.24, 2.45) is 5.73 Å². The Morgan fingerprint density at radius 3 is 2.46 bits per heavy atom. The monoisotopic (exact) mass is 567 g/mol. The standard InChI is InChI=1S/C29H32Cl2FN7/c1-4-5-8-23(34)25(26(32)18(2)24-21(30)14-36-15-22(24)31)27(35)20-11-19(12-33)28(37-13-20)38-16-29(3,17-38)39-9-6-7-10-39/h4-5,8,11,13-15,18,35H,6-7,9-10,16-17,34H2,1-3H3/b5-4+,23-8+,26-25-,35-27?/t18-/m1/s1. The number of nitrogens with one attached hydrogen (secondary N) is 1. The molecule has 3 N–H and O–H groups in total. The quantitative estimate of drug-likeness (QED) is 0.293. The predicted molar refractivity (Wildman–Crippen MR) is 155 cm³/mol. The van der Waals surface area contributed by atoms with Crippen molar-refractivity contribution in [3.63, 3.8) is 0 Å². The van der Waals surface area contributed by atoms with Crippen LogP contribution < -0.4 is 10.6 Å². The topological polar surface area (TPSA) is 106 Å². The molecule has 1 atom stereocenters. The highest BCUT2D eigenvalue weighted by molar-refractivity contribution is 6.36. The third-order valence-electron chi connectivity index (χ3n) is 7.46. The highest BCUT2D eigenvalue weighted by atomic mass is 35.5. The minimum Gasteiger partial charge on any atom is -0.398 e. The number of nitrogens with two attached hydrogens (primary N) is 1. The van der Waals surface area contributed by atoms with E-state index in [1.807, 2.05) is 0 Å². The number of pyridine rings is 2. The van der Waals surface area contributed by atoms with Gasteiger partial charge in [-0.05, 0) is 51.9 Å². The molecule has 0 aliphatic carbocycles. The Morgan fingerprint density at radius 2 is 1.87 bits per heavy atom. The van der Waals surface area contributed by atoms with Crippen molar-refractivity contribution < 1.29 is 4.39 Å². The number of allylic oxidation sites excluding steroid dienone is 5. The van der Waals surface area contributed by atoms with Crippen LogP contribution in [0.5, 0.6) is 0 Å².